The van der Waals surface area contributed by atoms with E-state index in [9.17, 15) is 0 Å². The van der Waals surface area contributed by atoms with Gasteiger partial charge in [-0.05, 0) is 45.4 Å². The van der Waals surface area contributed by atoms with Gasteiger partial charge in [-0.1, -0.05) is 6.92 Å². The van der Waals surface area contributed by atoms with Crippen LogP contribution in [0.4, 0.5) is 0 Å². The van der Waals surface area contributed by atoms with Gasteiger partial charge >= 0.3 is 0 Å². The number of ether oxygens (including phenoxy) is 2. The van der Waals surface area contributed by atoms with E-state index in [0.29, 0.717) is 19.6 Å². The van der Waals surface area contributed by atoms with Gasteiger partial charge in [0.1, 0.15) is 18.1 Å². The molecule has 1 N–H and O–H groups in total. The fourth-order valence-corrected chi connectivity index (χ4v) is 2.25. The molecule has 0 spiro atoms. The molecule has 0 bridgehead atoms. The van der Waals surface area contributed by atoms with Crippen molar-refractivity contribution in [1.82, 2.24) is 5.32 Å². The zero-order chi connectivity index (χ0) is 15.3. The normalized spacial score (nSPS) is 17.0. The predicted octanol–water partition coefficient (Wildman–Crippen LogP) is 3.44. The van der Waals surface area contributed by atoms with Gasteiger partial charge in [-0.15, -0.1) is 0 Å². The van der Waals surface area contributed by atoms with Gasteiger partial charge in [0.15, 0.2) is 0 Å². The standard InChI is InChI=1S/C17H24N2O2/c1-4-8-19-15-11-21-16-10-13(5-6-14(15)16)20-9-7-17(2,3)12-18/h5-6,10,15,19H,4,7-9,11H2,1-3H3. The predicted molar refractivity (Wildman–Crippen MR) is 82.5 cm³/mol. The van der Waals surface area contributed by atoms with E-state index in [1.165, 1.54) is 5.56 Å². The highest BCUT2D eigenvalue weighted by Crippen LogP contribution is 2.35. The Labute approximate surface area is 127 Å². The van der Waals surface area contributed by atoms with Gasteiger partial charge in [0.25, 0.3) is 0 Å². The third-order valence-electron chi connectivity index (χ3n) is 3.71. The van der Waals surface area contributed by atoms with Gasteiger partial charge in [0.2, 0.25) is 0 Å². The monoisotopic (exact) mass is 288 g/mol. The molecular formula is C17H24N2O2. The Balaban J connectivity index is 1.92. The summed E-state index contributed by atoms with van der Waals surface area (Å²) in [7, 11) is 0. The average Bonchev–Trinajstić information content (AvgIpc) is 2.87. The second-order valence-corrected chi connectivity index (χ2v) is 6.11. The number of nitrogens with zero attached hydrogens (tertiary/aromatic N) is 1. The third-order valence-corrected chi connectivity index (χ3v) is 3.71. The Bertz CT molecular complexity index is 520. The first-order chi connectivity index (χ1) is 10.1. The average molecular weight is 288 g/mol. The summed E-state index contributed by atoms with van der Waals surface area (Å²) < 4.78 is 11.5. The molecular weight excluding hydrogens is 264 g/mol. The van der Waals surface area contributed by atoms with Gasteiger partial charge in [-0.25, -0.2) is 0 Å². The molecule has 0 aliphatic carbocycles. The summed E-state index contributed by atoms with van der Waals surface area (Å²) in [5, 5.41) is 12.5. The number of benzene rings is 1. The molecule has 0 saturated carbocycles. The van der Waals surface area contributed by atoms with Crippen LogP contribution in [0.15, 0.2) is 18.2 Å². The summed E-state index contributed by atoms with van der Waals surface area (Å²) in [5.41, 5.74) is 0.857. The lowest BCUT2D eigenvalue weighted by molar-refractivity contribution is 0.262. The van der Waals surface area contributed by atoms with Gasteiger partial charge in [-0.3, -0.25) is 0 Å². The van der Waals surface area contributed by atoms with Crippen molar-refractivity contribution in [2.75, 3.05) is 19.8 Å². The highest BCUT2D eigenvalue weighted by Gasteiger charge is 2.24. The second-order valence-electron chi connectivity index (χ2n) is 6.11. The minimum Gasteiger partial charge on any atom is -0.493 e. The summed E-state index contributed by atoms with van der Waals surface area (Å²) in [6.07, 6.45) is 1.82. The summed E-state index contributed by atoms with van der Waals surface area (Å²) in [6.45, 7) is 8.22. The van der Waals surface area contributed by atoms with Crippen LogP contribution in [-0.4, -0.2) is 19.8 Å². The van der Waals surface area contributed by atoms with Crippen molar-refractivity contribution < 1.29 is 9.47 Å². The zero-order valence-electron chi connectivity index (χ0n) is 13.1. The lowest BCUT2D eigenvalue weighted by Crippen LogP contribution is -2.22. The SMILES string of the molecule is CCCNC1COc2cc(OCCC(C)(C)C#N)ccc21. The van der Waals surface area contributed by atoms with Crippen molar-refractivity contribution in [1.29, 1.82) is 5.26 Å². The second kappa shape index (κ2) is 6.82. The molecule has 4 heteroatoms. The van der Waals surface area contributed by atoms with Crippen molar-refractivity contribution in [3.05, 3.63) is 23.8 Å². The van der Waals surface area contributed by atoms with Crippen molar-refractivity contribution >= 4 is 0 Å². The molecule has 21 heavy (non-hydrogen) atoms. The lowest BCUT2D eigenvalue weighted by atomic mass is 9.92. The van der Waals surface area contributed by atoms with Crippen LogP contribution >= 0.6 is 0 Å². The van der Waals surface area contributed by atoms with Gasteiger partial charge in [0, 0.05) is 11.6 Å². The van der Waals surface area contributed by atoms with Crippen LogP contribution in [0.5, 0.6) is 11.5 Å². The highest BCUT2D eigenvalue weighted by atomic mass is 16.5. The van der Waals surface area contributed by atoms with E-state index in [1.807, 2.05) is 26.0 Å². The molecule has 1 aromatic carbocycles. The van der Waals surface area contributed by atoms with Crippen LogP contribution in [0.25, 0.3) is 0 Å². The van der Waals surface area contributed by atoms with Crippen LogP contribution in [-0.2, 0) is 0 Å². The van der Waals surface area contributed by atoms with E-state index in [4.69, 9.17) is 14.7 Å². The molecule has 4 nitrogen and oxygen atoms in total. The van der Waals surface area contributed by atoms with E-state index in [0.717, 1.165) is 24.5 Å². The molecule has 1 heterocycles. The Morgan fingerprint density at radius 3 is 3.00 bits per heavy atom. The smallest absolute Gasteiger partial charge is 0.127 e. The minimum atomic E-state index is -0.345. The van der Waals surface area contributed by atoms with Gasteiger partial charge < -0.3 is 14.8 Å². The maximum Gasteiger partial charge on any atom is 0.127 e. The molecule has 0 radical (unpaired) electrons. The fourth-order valence-electron chi connectivity index (χ4n) is 2.25. The van der Waals surface area contributed by atoms with Crippen molar-refractivity contribution in [2.24, 2.45) is 5.41 Å². The maximum absolute atomic E-state index is 8.99. The first kappa shape index (κ1) is 15.7. The Morgan fingerprint density at radius 1 is 1.48 bits per heavy atom. The fraction of sp³-hybridized carbons (Fsp3) is 0.588. The molecule has 1 aliphatic rings. The Morgan fingerprint density at radius 2 is 2.29 bits per heavy atom. The summed E-state index contributed by atoms with van der Waals surface area (Å²) in [4.78, 5) is 0. The van der Waals surface area contributed by atoms with Crippen LogP contribution in [0.3, 0.4) is 0 Å². The molecule has 114 valence electrons. The number of nitrogens with one attached hydrogen (secondary N) is 1. The van der Waals surface area contributed by atoms with Crippen LogP contribution in [0, 0.1) is 16.7 Å². The number of fused-ring (bicyclic) bond motifs is 1. The largest absolute Gasteiger partial charge is 0.493 e. The molecule has 0 amide bonds. The van der Waals surface area contributed by atoms with Crippen molar-refractivity contribution in [3.8, 4) is 17.6 Å². The van der Waals surface area contributed by atoms with Gasteiger partial charge in [-0.2, -0.15) is 5.26 Å². The zero-order valence-corrected chi connectivity index (χ0v) is 13.1. The molecule has 0 saturated heterocycles. The van der Waals surface area contributed by atoms with E-state index < -0.39 is 0 Å². The van der Waals surface area contributed by atoms with Crippen LogP contribution in [0.2, 0.25) is 0 Å². The third kappa shape index (κ3) is 4.12. The molecule has 1 unspecified atom stereocenters. The van der Waals surface area contributed by atoms with E-state index >= 15 is 0 Å². The minimum absolute atomic E-state index is 0.284. The first-order valence-corrected chi connectivity index (χ1v) is 7.60. The quantitative estimate of drug-likeness (QED) is 0.835. The molecule has 1 aromatic rings. The number of nitriles is 1. The van der Waals surface area contributed by atoms with E-state index in [-0.39, 0.29) is 11.5 Å². The number of hydrogen-bond acceptors (Lipinski definition) is 4. The molecule has 0 aromatic heterocycles. The first-order valence-electron chi connectivity index (χ1n) is 7.60. The Kier molecular flexibility index (Phi) is 5.08. The summed E-state index contributed by atoms with van der Waals surface area (Å²) in [5.74, 6) is 1.71. The van der Waals surface area contributed by atoms with Gasteiger partial charge in [0.05, 0.1) is 24.1 Å². The van der Waals surface area contributed by atoms with E-state index in [2.05, 4.69) is 24.4 Å². The number of hydrogen-bond donors (Lipinski definition) is 1. The topological polar surface area (TPSA) is 54.3 Å². The summed E-state index contributed by atoms with van der Waals surface area (Å²) >= 11 is 0. The summed E-state index contributed by atoms with van der Waals surface area (Å²) in [6, 6.07) is 8.56. The van der Waals surface area contributed by atoms with Crippen molar-refractivity contribution in [3.63, 3.8) is 0 Å². The van der Waals surface area contributed by atoms with Crippen molar-refractivity contribution in [2.45, 2.75) is 39.7 Å². The Hall–Kier alpha value is -1.73. The van der Waals surface area contributed by atoms with Crippen LogP contribution < -0.4 is 14.8 Å². The van der Waals surface area contributed by atoms with E-state index in [1.54, 1.807) is 0 Å². The molecule has 1 aliphatic heterocycles. The number of rotatable bonds is 7. The lowest BCUT2D eigenvalue weighted by Gasteiger charge is -2.15. The molecule has 2 rings (SSSR count). The maximum atomic E-state index is 8.99. The molecule has 0 fully saturated rings. The molecule has 1 atom stereocenters. The highest BCUT2D eigenvalue weighted by molar-refractivity contribution is 5.45. The van der Waals surface area contributed by atoms with Crippen LogP contribution in [0.1, 0.15) is 45.2 Å².